The molecule has 32 heavy (non-hydrogen) atoms. The summed E-state index contributed by atoms with van der Waals surface area (Å²) in [6.07, 6.45) is 0. The first-order valence-corrected chi connectivity index (χ1v) is 11.5. The number of nitrogens with one attached hydrogen (secondary N) is 1. The van der Waals surface area contributed by atoms with Gasteiger partial charge in [0.2, 0.25) is 0 Å². The van der Waals surface area contributed by atoms with Crippen LogP contribution in [0.25, 0.3) is 33.0 Å². The highest BCUT2D eigenvalue weighted by atomic mass is 35.5. The fourth-order valence-electron chi connectivity index (χ4n) is 3.34. The summed E-state index contributed by atoms with van der Waals surface area (Å²) in [6.45, 7) is 0.458. The first-order valence-electron chi connectivity index (χ1n) is 9.94. The highest BCUT2D eigenvalue weighted by Gasteiger charge is 2.16. The summed E-state index contributed by atoms with van der Waals surface area (Å²) in [4.78, 5) is 5.95. The van der Waals surface area contributed by atoms with Crippen LogP contribution in [0.3, 0.4) is 0 Å². The molecule has 158 valence electrons. The molecule has 7 heteroatoms. The molecule has 0 atom stereocenters. The molecule has 0 saturated heterocycles. The van der Waals surface area contributed by atoms with Gasteiger partial charge in [0.15, 0.2) is 10.9 Å². The molecule has 5 aromatic rings. The van der Waals surface area contributed by atoms with E-state index in [0.717, 1.165) is 32.4 Å². The van der Waals surface area contributed by atoms with Crippen LogP contribution in [0.15, 0.2) is 89.5 Å². The van der Waals surface area contributed by atoms with Crippen LogP contribution in [0.5, 0.6) is 0 Å². The Balaban J connectivity index is 1.41. The van der Waals surface area contributed by atoms with Crippen molar-refractivity contribution in [3.8, 4) is 33.0 Å². The standard InChI is InChI=1S/C25H17Cl2N3OS/c26-18-12-10-16(11-13-18)23-24(17-6-2-1-3-7-17)32-25(29-23)28-15-19-14-22(30-31-19)20-8-4-5-9-21(20)27/h1-14H,15H2,(H,28,29). The molecule has 0 aliphatic carbocycles. The smallest absolute Gasteiger partial charge is 0.184 e. The number of nitrogens with zero attached hydrogens (tertiary/aromatic N) is 2. The van der Waals surface area contributed by atoms with Gasteiger partial charge in [-0.15, -0.1) is 0 Å². The Bertz CT molecular complexity index is 1350. The summed E-state index contributed by atoms with van der Waals surface area (Å²) < 4.78 is 5.51. The minimum absolute atomic E-state index is 0.458. The van der Waals surface area contributed by atoms with E-state index in [9.17, 15) is 0 Å². The van der Waals surface area contributed by atoms with Crippen LogP contribution < -0.4 is 5.32 Å². The lowest BCUT2D eigenvalue weighted by atomic mass is 10.1. The predicted octanol–water partition coefficient (Wildman–Crippen LogP) is 8.05. The molecule has 5 rings (SSSR count). The van der Waals surface area contributed by atoms with Gasteiger partial charge < -0.3 is 9.84 Å². The lowest BCUT2D eigenvalue weighted by molar-refractivity contribution is 0.390. The van der Waals surface area contributed by atoms with Gasteiger partial charge >= 0.3 is 0 Å². The van der Waals surface area contributed by atoms with E-state index in [1.807, 2.05) is 72.8 Å². The van der Waals surface area contributed by atoms with E-state index in [2.05, 4.69) is 22.6 Å². The molecule has 0 aliphatic heterocycles. The van der Waals surface area contributed by atoms with Crippen LogP contribution in [0.2, 0.25) is 10.0 Å². The third kappa shape index (κ3) is 4.41. The number of anilines is 1. The largest absolute Gasteiger partial charge is 0.359 e. The van der Waals surface area contributed by atoms with E-state index < -0.39 is 0 Å². The summed E-state index contributed by atoms with van der Waals surface area (Å²) in [5.74, 6) is 0.699. The zero-order valence-corrected chi connectivity index (χ0v) is 19.1. The quantitative estimate of drug-likeness (QED) is 0.268. The molecule has 0 unspecified atom stereocenters. The molecule has 0 bridgehead atoms. The summed E-state index contributed by atoms with van der Waals surface area (Å²) in [5.41, 5.74) is 4.59. The number of hydrogen-bond donors (Lipinski definition) is 1. The highest BCUT2D eigenvalue weighted by Crippen LogP contribution is 2.39. The molecule has 3 aromatic carbocycles. The van der Waals surface area contributed by atoms with Gasteiger partial charge in [-0.1, -0.05) is 100 Å². The molecular formula is C25H17Cl2N3OS. The van der Waals surface area contributed by atoms with E-state index >= 15 is 0 Å². The van der Waals surface area contributed by atoms with Crippen molar-refractivity contribution in [1.82, 2.24) is 10.1 Å². The van der Waals surface area contributed by atoms with Crippen molar-refractivity contribution in [2.24, 2.45) is 0 Å². The maximum atomic E-state index is 6.27. The summed E-state index contributed by atoms with van der Waals surface area (Å²) in [7, 11) is 0. The molecule has 0 spiro atoms. The number of thiazole rings is 1. The van der Waals surface area contributed by atoms with Crippen LogP contribution in [0, 0.1) is 0 Å². The number of aromatic nitrogens is 2. The summed E-state index contributed by atoms with van der Waals surface area (Å²) >= 11 is 14.0. The second-order valence-corrected chi connectivity index (χ2v) is 8.92. The zero-order valence-electron chi connectivity index (χ0n) is 16.8. The zero-order chi connectivity index (χ0) is 21.9. The third-order valence-electron chi connectivity index (χ3n) is 4.90. The Hall–Kier alpha value is -3.12. The van der Waals surface area contributed by atoms with Gasteiger partial charge in [-0.2, -0.15) is 0 Å². The van der Waals surface area contributed by atoms with Gasteiger partial charge in [0, 0.05) is 22.2 Å². The van der Waals surface area contributed by atoms with Gasteiger partial charge in [0.25, 0.3) is 0 Å². The van der Waals surface area contributed by atoms with Crippen molar-refractivity contribution in [3.63, 3.8) is 0 Å². The van der Waals surface area contributed by atoms with Crippen LogP contribution in [-0.4, -0.2) is 10.1 Å². The minimum atomic E-state index is 0.458. The Labute approximate surface area is 199 Å². The first kappa shape index (κ1) is 20.8. The Morgan fingerprint density at radius 3 is 2.38 bits per heavy atom. The predicted molar refractivity (Wildman–Crippen MR) is 132 cm³/mol. The average molecular weight is 478 g/mol. The minimum Gasteiger partial charge on any atom is -0.359 e. The van der Waals surface area contributed by atoms with Crippen molar-refractivity contribution < 1.29 is 4.52 Å². The molecular weight excluding hydrogens is 461 g/mol. The lowest BCUT2D eigenvalue weighted by Crippen LogP contribution is -1.97. The van der Waals surface area contributed by atoms with Gasteiger partial charge in [-0.05, 0) is 23.8 Å². The molecule has 0 aliphatic rings. The first-order chi connectivity index (χ1) is 15.7. The van der Waals surface area contributed by atoms with E-state index in [-0.39, 0.29) is 0 Å². The maximum Gasteiger partial charge on any atom is 0.184 e. The van der Waals surface area contributed by atoms with E-state index in [1.165, 1.54) is 0 Å². The molecule has 0 radical (unpaired) electrons. The van der Waals surface area contributed by atoms with Crippen LogP contribution >= 0.6 is 34.5 Å². The molecule has 0 saturated carbocycles. The fraction of sp³-hybridized carbons (Fsp3) is 0.0400. The molecule has 1 N–H and O–H groups in total. The fourth-order valence-corrected chi connectivity index (χ4v) is 4.69. The van der Waals surface area contributed by atoms with Crippen molar-refractivity contribution in [3.05, 3.63) is 101 Å². The summed E-state index contributed by atoms with van der Waals surface area (Å²) in [5, 5.41) is 9.66. The maximum absolute atomic E-state index is 6.27. The summed E-state index contributed by atoms with van der Waals surface area (Å²) in [6, 6.07) is 27.4. The van der Waals surface area contributed by atoms with E-state index in [0.29, 0.717) is 28.0 Å². The number of rotatable bonds is 6. The van der Waals surface area contributed by atoms with Crippen molar-refractivity contribution in [2.75, 3.05) is 5.32 Å². The van der Waals surface area contributed by atoms with Gasteiger partial charge in [-0.3, -0.25) is 0 Å². The second-order valence-electron chi connectivity index (χ2n) is 7.08. The third-order valence-corrected chi connectivity index (χ3v) is 6.55. The van der Waals surface area contributed by atoms with Crippen molar-refractivity contribution >= 4 is 39.7 Å². The van der Waals surface area contributed by atoms with Crippen LogP contribution in [-0.2, 0) is 6.54 Å². The molecule has 0 amide bonds. The van der Waals surface area contributed by atoms with E-state index in [4.69, 9.17) is 32.7 Å². The Kier molecular flexibility index (Phi) is 5.95. The van der Waals surface area contributed by atoms with Crippen LogP contribution in [0.1, 0.15) is 5.76 Å². The topological polar surface area (TPSA) is 51.0 Å². The molecule has 0 fully saturated rings. The lowest BCUT2D eigenvalue weighted by Gasteiger charge is -2.02. The van der Waals surface area contributed by atoms with Crippen molar-refractivity contribution in [2.45, 2.75) is 6.54 Å². The Morgan fingerprint density at radius 1 is 0.844 bits per heavy atom. The number of hydrogen-bond acceptors (Lipinski definition) is 5. The molecule has 4 nitrogen and oxygen atoms in total. The Morgan fingerprint density at radius 2 is 1.59 bits per heavy atom. The second kappa shape index (κ2) is 9.17. The van der Waals surface area contributed by atoms with Crippen molar-refractivity contribution in [1.29, 1.82) is 0 Å². The monoisotopic (exact) mass is 477 g/mol. The molecule has 2 heterocycles. The van der Waals surface area contributed by atoms with Crippen LogP contribution in [0.4, 0.5) is 5.13 Å². The van der Waals surface area contributed by atoms with Gasteiger partial charge in [0.05, 0.1) is 22.1 Å². The van der Waals surface area contributed by atoms with Gasteiger partial charge in [0.1, 0.15) is 5.69 Å². The molecule has 2 aromatic heterocycles. The SMILES string of the molecule is Clc1ccc(-c2nc(NCc3cc(-c4ccccc4Cl)no3)sc2-c2ccccc2)cc1. The normalized spacial score (nSPS) is 10.9. The van der Waals surface area contributed by atoms with E-state index in [1.54, 1.807) is 11.3 Å². The number of benzene rings is 3. The average Bonchev–Trinajstić information content (AvgIpc) is 3.47. The number of halogens is 2. The highest BCUT2D eigenvalue weighted by molar-refractivity contribution is 7.19. The van der Waals surface area contributed by atoms with Gasteiger partial charge in [-0.25, -0.2) is 4.98 Å².